The fourth-order valence-corrected chi connectivity index (χ4v) is 2.53. The largest absolute Gasteiger partial charge is 0.480 e. The minimum Gasteiger partial charge on any atom is -0.480 e. The summed E-state index contributed by atoms with van der Waals surface area (Å²) in [7, 11) is 9.35. The predicted octanol–water partition coefficient (Wildman–Crippen LogP) is 1.81. The van der Waals surface area contributed by atoms with Gasteiger partial charge < -0.3 is 10.0 Å². The van der Waals surface area contributed by atoms with Gasteiger partial charge in [0.1, 0.15) is 6.04 Å². The highest BCUT2D eigenvalue weighted by Gasteiger charge is 2.32. The van der Waals surface area contributed by atoms with Gasteiger partial charge >= 0.3 is 5.97 Å². The van der Waals surface area contributed by atoms with Gasteiger partial charge in [-0.1, -0.05) is 19.8 Å². The van der Waals surface area contributed by atoms with Crippen molar-refractivity contribution >= 4 is 18.5 Å². The van der Waals surface area contributed by atoms with Gasteiger partial charge in [-0.25, -0.2) is 4.39 Å². The Bertz CT molecular complexity index is 579. The van der Waals surface area contributed by atoms with E-state index < -0.39 is 11.6 Å². The smallest absolute Gasteiger partial charge is 0.321 e. The van der Waals surface area contributed by atoms with Crippen LogP contribution in [-0.2, 0) is 14.4 Å². The number of likely N-dealkylation sites (tertiary alicyclic amines) is 1. The first-order chi connectivity index (χ1) is 13.6. The zero-order valence-corrected chi connectivity index (χ0v) is 20.0. The second kappa shape index (κ2) is 14.2. The van der Waals surface area contributed by atoms with Crippen molar-refractivity contribution in [1.29, 1.82) is 0 Å². The van der Waals surface area contributed by atoms with E-state index in [2.05, 4.69) is 11.8 Å². The molecule has 0 aromatic carbocycles. The first kappa shape index (κ1) is 30.4. The molecule has 0 spiro atoms. The van der Waals surface area contributed by atoms with Crippen LogP contribution in [0.3, 0.4) is 0 Å². The van der Waals surface area contributed by atoms with E-state index >= 15 is 0 Å². The molecule has 0 aromatic heterocycles. The Morgan fingerprint density at radius 1 is 1.17 bits per heavy atom. The summed E-state index contributed by atoms with van der Waals surface area (Å²) >= 11 is 0. The molecule has 0 aliphatic carbocycles. The van der Waals surface area contributed by atoms with Crippen LogP contribution in [0.2, 0.25) is 0 Å². The van der Waals surface area contributed by atoms with Crippen LogP contribution in [0, 0.1) is 17.8 Å². The van der Waals surface area contributed by atoms with Gasteiger partial charge in [0.15, 0.2) is 18.2 Å². The maximum atomic E-state index is 13.1. The highest BCUT2D eigenvalue weighted by molar-refractivity contribution is 5.73. The van der Waals surface area contributed by atoms with Crippen LogP contribution in [0.5, 0.6) is 0 Å². The molecule has 1 fully saturated rings. The number of hydrogen-bond acceptors (Lipinski definition) is 6. The lowest BCUT2D eigenvalue weighted by Gasteiger charge is -2.30. The van der Waals surface area contributed by atoms with Crippen molar-refractivity contribution in [3.05, 3.63) is 0 Å². The van der Waals surface area contributed by atoms with E-state index in [1.165, 1.54) is 0 Å². The van der Waals surface area contributed by atoms with E-state index in [0.717, 1.165) is 0 Å². The SMILES string of the molecule is CC(C)C(C(=O)O)N(C)C.CN(C)C(C)(C)C#CC=O.CN1CCC(F)(C=O)CC1. The molecule has 1 unspecified atom stereocenters. The third-order valence-corrected chi connectivity index (χ3v) is 5.03. The Morgan fingerprint density at radius 2 is 1.63 bits per heavy atom. The standard InChI is InChI=1S/C8H13NO.C7H12FNO.C7H15NO2/c1-8(2,9(3)4)6-5-7-10;1-9-4-2-7(8,6-10)3-5-9;1-5(2)6(7(9)10)8(3)4/h7H,1-4H3;6H,2-5H2,1H3;5-6H,1-4H3,(H,9,10). The number of aldehydes is 2. The van der Waals surface area contributed by atoms with Gasteiger partial charge in [-0.15, -0.1) is 0 Å². The molecular weight excluding hydrogens is 389 g/mol. The minimum atomic E-state index is -1.52. The van der Waals surface area contributed by atoms with Crippen molar-refractivity contribution in [3.63, 3.8) is 0 Å². The highest BCUT2D eigenvalue weighted by atomic mass is 19.1. The number of aliphatic carboxylic acids is 1. The van der Waals surface area contributed by atoms with E-state index in [9.17, 15) is 18.8 Å². The third kappa shape index (κ3) is 12.7. The van der Waals surface area contributed by atoms with Crippen LogP contribution in [0.1, 0.15) is 40.5 Å². The summed E-state index contributed by atoms with van der Waals surface area (Å²) in [6.07, 6.45) is 1.77. The molecule has 1 atom stereocenters. The molecule has 1 N–H and O–H groups in total. The molecule has 174 valence electrons. The first-order valence-corrected chi connectivity index (χ1v) is 10.00. The van der Waals surface area contributed by atoms with Gasteiger partial charge in [0, 0.05) is 25.9 Å². The van der Waals surface area contributed by atoms with E-state index in [1.807, 2.05) is 58.6 Å². The van der Waals surface area contributed by atoms with Crippen molar-refractivity contribution < 1.29 is 23.9 Å². The summed E-state index contributed by atoms with van der Waals surface area (Å²) < 4.78 is 13.1. The Labute approximate surface area is 181 Å². The van der Waals surface area contributed by atoms with E-state index in [4.69, 9.17) is 5.11 Å². The molecule has 0 aromatic rings. The normalized spacial score (nSPS) is 17.0. The summed E-state index contributed by atoms with van der Waals surface area (Å²) in [5.74, 6) is 4.62. The van der Waals surface area contributed by atoms with Gasteiger partial charge in [0.25, 0.3) is 0 Å². The predicted molar refractivity (Wildman–Crippen MR) is 118 cm³/mol. The number of piperidine rings is 1. The summed E-state index contributed by atoms with van der Waals surface area (Å²) in [5, 5.41) is 8.67. The van der Waals surface area contributed by atoms with Crippen molar-refractivity contribution in [3.8, 4) is 11.8 Å². The maximum absolute atomic E-state index is 13.1. The fourth-order valence-electron chi connectivity index (χ4n) is 2.53. The Kier molecular flexibility index (Phi) is 14.4. The quantitative estimate of drug-likeness (QED) is 0.527. The maximum Gasteiger partial charge on any atom is 0.321 e. The number of alkyl halides is 1. The van der Waals surface area contributed by atoms with Crippen LogP contribution in [-0.4, -0.2) is 104 Å². The van der Waals surface area contributed by atoms with Gasteiger partial charge in [0.05, 0.1) is 5.54 Å². The molecule has 1 aliphatic heterocycles. The molecule has 0 amide bonds. The van der Waals surface area contributed by atoms with Crippen LogP contribution in [0.4, 0.5) is 4.39 Å². The molecule has 0 saturated carbocycles. The van der Waals surface area contributed by atoms with Gasteiger partial charge in [0.2, 0.25) is 0 Å². The number of carboxylic acid groups (broad SMARTS) is 1. The summed E-state index contributed by atoms with van der Waals surface area (Å²) in [6, 6.07) is -0.361. The van der Waals surface area contributed by atoms with E-state index in [0.29, 0.717) is 38.5 Å². The first-order valence-electron chi connectivity index (χ1n) is 10.00. The number of hydrogen-bond donors (Lipinski definition) is 1. The lowest BCUT2D eigenvalue weighted by molar-refractivity contribution is -0.143. The van der Waals surface area contributed by atoms with Crippen molar-refractivity contribution in [2.45, 2.75) is 57.8 Å². The zero-order chi connectivity index (χ0) is 24.1. The van der Waals surface area contributed by atoms with Crippen LogP contribution in [0.15, 0.2) is 0 Å². The molecule has 8 heteroatoms. The number of nitrogens with zero attached hydrogens (tertiary/aromatic N) is 3. The Balaban J connectivity index is 0. The monoisotopic (exact) mass is 429 g/mol. The molecule has 7 nitrogen and oxygen atoms in total. The summed E-state index contributed by atoms with van der Waals surface area (Å²) in [5.41, 5.74) is -1.73. The van der Waals surface area contributed by atoms with E-state index in [-0.39, 0.29) is 17.5 Å². The van der Waals surface area contributed by atoms with Gasteiger partial charge in [-0.2, -0.15) is 0 Å². The number of likely N-dealkylation sites (N-methyl/N-ethyl adjacent to an activating group) is 1. The van der Waals surface area contributed by atoms with Gasteiger partial charge in [-0.05, 0) is 60.9 Å². The number of carbonyl (C=O) groups is 3. The van der Waals surface area contributed by atoms with Gasteiger partial charge in [-0.3, -0.25) is 24.2 Å². The van der Waals surface area contributed by atoms with Crippen molar-refractivity contribution in [2.24, 2.45) is 5.92 Å². The van der Waals surface area contributed by atoms with Crippen LogP contribution >= 0.6 is 0 Å². The minimum absolute atomic E-state index is 0.160. The molecule has 1 aliphatic rings. The average molecular weight is 430 g/mol. The highest BCUT2D eigenvalue weighted by Crippen LogP contribution is 2.22. The molecule has 30 heavy (non-hydrogen) atoms. The number of rotatable bonds is 5. The molecule has 1 heterocycles. The number of carboxylic acids is 1. The van der Waals surface area contributed by atoms with Crippen LogP contribution in [0.25, 0.3) is 0 Å². The lowest BCUT2D eigenvalue weighted by Crippen LogP contribution is -2.40. The van der Waals surface area contributed by atoms with E-state index in [1.54, 1.807) is 19.0 Å². The van der Waals surface area contributed by atoms with Crippen molar-refractivity contribution in [2.75, 3.05) is 48.3 Å². The topological polar surface area (TPSA) is 81.2 Å². The molecule has 0 bridgehead atoms. The lowest BCUT2D eigenvalue weighted by atomic mass is 9.96. The fraction of sp³-hybridized carbons (Fsp3) is 0.773. The second-order valence-electron chi connectivity index (χ2n) is 8.79. The summed E-state index contributed by atoms with van der Waals surface area (Å²) in [4.78, 5) is 36.3. The van der Waals surface area contributed by atoms with Crippen molar-refractivity contribution in [1.82, 2.24) is 14.7 Å². The molecule has 0 radical (unpaired) electrons. The Hall–Kier alpha value is -1.82. The summed E-state index contributed by atoms with van der Waals surface area (Å²) in [6.45, 7) is 9.11. The molecule has 1 saturated heterocycles. The number of carbonyl (C=O) groups excluding carboxylic acids is 2. The Morgan fingerprint density at radius 3 is 1.87 bits per heavy atom. The molecular formula is C22H40FN3O4. The third-order valence-electron chi connectivity index (χ3n) is 5.03. The molecule has 1 rings (SSSR count). The second-order valence-corrected chi connectivity index (χ2v) is 8.79. The zero-order valence-electron chi connectivity index (χ0n) is 20.0. The van der Waals surface area contributed by atoms with Crippen LogP contribution < -0.4 is 0 Å². The average Bonchev–Trinajstić information content (AvgIpc) is 2.62. The number of halogens is 1.